The number of aliphatic imine (C=N–C) groups is 1. The van der Waals surface area contributed by atoms with Gasteiger partial charge in [-0.3, -0.25) is 4.79 Å². The van der Waals surface area contributed by atoms with Gasteiger partial charge in [0.2, 0.25) is 11.8 Å². The first kappa shape index (κ1) is 26.0. The average Bonchev–Trinajstić information content (AvgIpc) is 3.51. The van der Waals surface area contributed by atoms with Crippen molar-refractivity contribution in [2.24, 2.45) is 10.9 Å². The zero-order valence-corrected chi connectivity index (χ0v) is 22.3. The van der Waals surface area contributed by atoms with Crippen LogP contribution in [0, 0.1) is 5.92 Å². The number of ether oxygens (including phenoxy) is 1. The minimum atomic E-state index is 0. The molecule has 0 aromatic carbocycles. The van der Waals surface area contributed by atoms with E-state index < -0.39 is 0 Å². The maximum atomic E-state index is 12.8. The van der Waals surface area contributed by atoms with Gasteiger partial charge in [0.05, 0.1) is 6.54 Å². The number of rotatable bonds is 7. The first-order valence-corrected chi connectivity index (χ1v) is 12.7. The maximum absolute atomic E-state index is 12.8. The molecule has 4 rings (SSSR count). The molecule has 1 aliphatic heterocycles. The molecule has 3 fully saturated rings. The Balaban J connectivity index is 0.00000306. The normalized spacial score (nSPS) is 22.2. The standard InChI is InChI=1S/C25H39N5O2.HI/c1-2-26-25(28-17-19-12-13-23(27-16-19)32-22-10-6-7-11-22)29-21-14-15-30(18-21)24(31)20-8-4-3-5-9-20;/h12-13,16,20-22H,2-11,14-15,17-18H2,1H3,(H2,26,28,29);1H. The van der Waals surface area contributed by atoms with Crippen molar-refractivity contribution in [3.05, 3.63) is 23.9 Å². The highest BCUT2D eigenvalue weighted by molar-refractivity contribution is 14.0. The summed E-state index contributed by atoms with van der Waals surface area (Å²) in [6, 6.07) is 4.25. The summed E-state index contributed by atoms with van der Waals surface area (Å²) >= 11 is 0. The molecule has 1 atom stereocenters. The van der Waals surface area contributed by atoms with E-state index in [2.05, 4.69) is 27.4 Å². The molecule has 1 unspecified atom stereocenters. The van der Waals surface area contributed by atoms with E-state index in [4.69, 9.17) is 9.73 Å². The third-order valence-corrected chi connectivity index (χ3v) is 6.95. The second-order valence-electron chi connectivity index (χ2n) is 9.47. The summed E-state index contributed by atoms with van der Waals surface area (Å²) in [7, 11) is 0. The predicted molar refractivity (Wildman–Crippen MR) is 142 cm³/mol. The number of guanidine groups is 1. The molecule has 1 saturated heterocycles. The number of amides is 1. The van der Waals surface area contributed by atoms with E-state index in [9.17, 15) is 4.79 Å². The highest BCUT2D eigenvalue weighted by Crippen LogP contribution is 2.27. The van der Waals surface area contributed by atoms with E-state index in [1.54, 1.807) is 0 Å². The summed E-state index contributed by atoms with van der Waals surface area (Å²) in [6.07, 6.45) is 13.7. The average molecular weight is 570 g/mol. The van der Waals surface area contributed by atoms with Crippen LogP contribution in [0.25, 0.3) is 0 Å². The van der Waals surface area contributed by atoms with Gasteiger partial charge in [0.1, 0.15) is 6.10 Å². The van der Waals surface area contributed by atoms with Gasteiger partial charge in [-0.05, 0) is 57.4 Å². The molecule has 3 aliphatic rings. The number of pyridine rings is 1. The second kappa shape index (κ2) is 13.3. The Morgan fingerprint density at radius 2 is 1.88 bits per heavy atom. The molecule has 7 nitrogen and oxygen atoms in total. The number of aromatic nitrogens is 1. The van der Waals surface area contributed by atoms with Crippen LogP contribution < -0.4 is 15.4 Å². The highest BCUT2D eigenvalue weighted by Gasteiger charge is 2.31. The first-order valence-electron chi connectivity index (χ1n) is 12.7. The topological polar surface area (TPSA) is 78.9 Å². The molecule has 1 aromatic heterocycles. The predicted octanol–water partition coefficient (Wildman–Crippen LogP) is 4.26. The summed E-state index contributed by atoms with van der Waals surface area (Å²) in [4.78, 5) is 24.1. The molecular formula is C25H40IN5O2. The van der Waals surface area contributed by atoms with Gasteiger partial charge in [0, 0.05) is 43.9 Å². The molecule has 2 aliphatic carbocycles. The lowest BCUT2D eigenvalue weighted by Crippen LogP contribution is -2.45. The van der Waals surface area contributed by atoms with Gasteiger partial charge >= 0.3 is 0 Å². The summed E-state index contributed by atoms with van der Waals surface area (Å²) in [5.41, 5.74) is 1.06. The Labute approximate surface area is 215 Å². The van der Waals surface area contributed by atoms with Crippen LogP contribution >= 0.6 is 24.0 Å². The van der Waals surface area contributed by atoms with Gasteiger partial charge in [-0.1, -0.05) is 25.3 Å². The number of nitrogens with zero attached hydrogens (tertiary/aromatic N) is 3. The third kappa shape index (κ3) is 7.72. The molecule has 2 heterocycles. The minimum Gasteiger partial charge on any atom is -0.474 e. The first-order chi connectivity index (χ1) is 15.7. The summed E-state index contributed by atoms with van der Waals surface area (Å²) < 4.78 is 5.95. The van der Waals surface area contributed by atoms with Crippen LogP contribution in [0.3, 0.4) is 0 Å². The van der Waals surface area contributed by atoms with Crippen LogP contribution in [0.4, 0.5) is 0 Å². The van der Waals surface area contributed by atoms with Crippen molar-refractivity contribution in [1.82, 2.24) is 20.5 Å². The van der Waals surface area contributed by atoms with Crippen LogP contribution in [0.5, 0.6) is 5.88 Å². The maximum Gasteiger partial charge on any atom is 0.225 e. The fraction of sp³-hybridized carbons (Fsp3) is 0.720. The number of likely N-dealkylation sites (tertiary alicyclic amines) is 1. The molecule has 184 valence electrons. The Morgan fingerprint density at radius 1 is 1.12 bits per heavy atom. The molecule has 2 N–H and O–H groups in total. The fourth-order valence-electron chi connectivity index (χ4n) is 5.12. The van der Waals surface area contributed by atoms with Gasteiger partial charge in [-0.2, -0.15) is 0 Å². The highest BCUT2D eigenvalue weighted by atomic mass is 127. The van der Waals surface area contributed by atoms with Crippen molar-refractivity contribution in [2.75, 3.05) is 19.6 Å². The SMILES string of the molecule is CCNC(=NCc1ccc(OC2CCCC2)nc1)NC1CCN(C(=O)C2CCCCC2)C1.I. The quantitative estimate of drug-likeness (QED) is 0.292. The van der Waals surface area contributed by atoms with Crippen molar-refractivity contribution in [2.45, 2.75) is 89.8 Å². The Morgan fingerprint density at radius 3 is 2.58 bits per heavy atom. The molecule has 0 bridgehead atoms. The zero-order chi connectivity index (χ0) is 22.2. The van der Waals surface area contributed by atoms with Crippen LogP contribution in [0.15, 0.2) is 23.3 Å². The lowest BCUT2D eigenvalue weighted by Gasteiger charge is -2.26. The Kier molecular flexibility index (Phi) is 10.5. The Bertz CT molecular complexity index is 761. The molecule has 33 heavy (non-hydrogen) atoms. The van der Waals surface area contributed by atoms with Gasteiger partial charge in [0.25, 0.3) is 0 Å². The van der Waals surface area contributed by atoms with Crippen LogP contribution in [0.2, 0.25) is 0 Å². The molecule has 0 radical (unpaired) electrons. The molecule has 2 saturated carbocycles. The van der Waals surface area contributed by atoms with Crippen molar-refractivity contribution >= 4 is 35.8 Å². The molecule has 1 amide bonds. The van der Waals surface area contributed by atoms with Gasteiger partial charge in [-0.25, -0.2) is 9.98 Å². The van der Waals surface area contributed by atoms with E-state index in [0.29, 0.717) is 24.4 Å². The number of hydrogen-bond donors (Lipinski definition) is 2. The lowest BCUT2D eigenvalue weighted by molar-refractivity contribution is -0.135. The Hall–Kier alpha value is -1.58. The van der Waals surface area contributed by atoms with Crippen molar-refractivity contribution in [3.8, 4) is 5.88 Å². The van der Waals surface area contributed by atoms with E-state index in [0.717, 1.165) is 63.3 Å². The largest absolute Gasteiger partial charge is 0.474 e. The number of carbonyl (C=O) groups excluding carboxylic acids is 1. The lowest BCUT2D eigenvalue weighted by atomic mass is 9.88. The molecular weight excluding hydrogens is 529 g/mol. The van der Waals surface area contributed by atoms with Crippen LogP contribution in [0.1, 0.15) is 76.7 Å². The second-order valence-corrected chi connectivity index (χ2v) is 9.47. The van der Waals surface area contributed by atoms with E-state index in [1.807, 2.05) is 18.3 Å². The zero-order valence-electron chi connectivity index (χ0n) is 19.9. The number of carbonyl (C=O) groups is 1. The molecule has 8 heteroatoms. The molecule has 1 aromatic rings. The van der Waals surface area contributed by atoms with Crippen LogP contribution in [-0.4, -0.2) is 53.5 Å². The van der Waals surface area contributed by atoms with E-state index >= 15 is 0 Å². The molecule has 0 spiro atoms. The monoisotopic (exact) mass is 569 g/mol. The number of hydrogen-bond acceptors (Lipinski definition) is 4. The van der Waals surface area contributed by atoms with Crippen LogP contribution in [-0.2, 0) is 11.3 Å². The number of halogens is 1. The van der Waals surface area contributed by atoms with Crippen molar-refractivity contribution in [1.29, 1.82) is 0 Å². The van der Waals surface area contributed by atoms with Gasteiger partial charge in [-0.15, -0.1) is 24.0 Å². The van der Waals surface area contributed by atoms with E-state index in [1.165, 1.54) is 32.1 Å². The van der Waals surface area contributed by atoms with Crippen molar-refractivity contribution in [3.63, 3.8) is 0 Å². The van der Waals surface area contributed by atoms with Gasteiger partial charge in [0.15, 0.2) is 5.96 Å². The summed E-state index contributed by atoms with van der Waals surface area (Å²) in [5, 5.41) is 6.87. The van der Waals surface area contributed by atoms with E-state index in [-0.39, 0.29) is 35.9 Å². The third-order valence-electron chi connectivity index (χ3n) is 6.95. The summed E-state index contributed by atoms with van der Waals surface area (Å²) in [5.74, 6) is 2.12. The summed E-state index contributed by atoms with van der Waals surface area (Å²) in [6.45, 7) is 5.05. The van der Waals surface area contributed by atoms with Gasteiger partial charge < -0.3 is 20.3 Å². The minimum absolute atomic E-state index is 0. The number of nitrogens with one attached hydrogen (secondary N) is 2. The smallest absolute Gasteiger partial charge is 0.225 e. The van der Waals surface area contributed by atoms with Crippen molar-refractivity contribution < 1.29 is 9.53 Å². The fourth-order valence-corrected chi connectivity index (χ4v) is 5.12.